The first-order valence-corrected chi connectivity index (χ1v) is 6.92. The Balaban J connectivity index is 1.84. The first-order valence-electron chi connectivity index (χ1n) is 6.92. The summed E-state index contributed by atoms with van der Waals surface area (Å²) in [7, 11) is 0. The van der Waals surface area contributed by atoms with Gasteiger partial charge in [-0.15, -0.1) is 0 Å². The van der Waals surface area contributed by atoms with Crippen LogP contribution in [0.5, 0.6) is 0 Å². The number of hydrogen-bond donors (Lipinski definition) is 2. The second-order valence-electron chi connectivity index (χ2n) is 5.36. The van der Waals surface area contributed by atoms with Crippen molar-refractivity contribution in [2.24, 2.45) is 5.92 Å². The maximum Gasteiger partial charge on any atom is 0.0874 e. The van der Waals surface area contributed by atoms with Gasteiger partial charge in [0.15, 0.2) is 0 Å². The Kier molecular flexibility index (Phi) is 4.42. The van der Waals surface area contributed by atoms with Gasteiger partial charge in [-0.3, -0.25) is 9.91 Å². The average molecular weight is 238 g/mol. The van der Waals surface area contributed by atoms with E-state index in [0.717, 1.165) is 6.67 Å². The molecule has 17 heavy (non-hydrogen) atoms. The van der Waals surface area contributed by atoms with Gasteiger partial charge in [-0.05, 0) is 31.8 Å². The molecule has 2 unspecified atom stereocenters. The van der Waals surface area contributed by atoms with E-state index in [9.17, 15) is 0 Å². The van der Waals surface area contributed by atoms with Crippen molar-refractivity contribution in [2.45, 2.75) is 45.6 Å². The molecular formula is C13H26N4. The van der Waals surface area contributed by atoms with E-state index in [4.69, 9.17) is 0 Å². The van der Waals surface area contributed by atoms with Gasteiger partial charge in [0.1, 0.15) is 0 Å². The lowest BCUT2D eigenvalue weighted by molar-refractivity contribution is 0.112. The van der Waals surface area contributed by atoms with Crippen LogP contribution < -0.4 is 11.0 Å². The van der Waals surface area contributed by atoms with E-state index in [-0.39, 0.29) is 0 Å². The third kappa shape index (κ3) is 3.00. The van der Waals surface area contributed by atoms with Gasteiger partial charge in [0, 0.05) is 5.70 Å². The summed E-state index contributed by atoms with van der Waals surface area (Å²) in [5, 5.41) is 2.17. The molecule has 2 heterocycles. The minimum atomic E-state index is 0.379. The van der Waals surface area contributed by atoms with E-state index in [1.54, 1.807) is 0 Å². The summed E-state index contributed by atoms with van der Waals surface area (Å²) in [6, 6.07) is 0.379. The zero-order chi connectivity index (χ0) is 12.3. The summed E-state index contributed by atoms with van der Waals surface area (Å²) in [6.45, 7) is 12.1. The van der Waals surface area contributed by atoms with Gasteiger partial charge < -0.3 is 0 Å². The number of likely N-dealkylation sites (tertiary alicyclic amines) is 1. The van der Waals surface area contributed by atoms with Crippen LogP contribution in [0.3, 0.4) is 0 Å². The van der Waals surface area contributed by atoms with Crippen molar-refractivity contribution in [2.75, 3.05) is 19.8 Å². The van der Waals surface area contributed by atoms with Gasteiger partial charge in [0.2, 0.25) is 0 Å². The number of hydrogen-bond acceptors (Lipinski definition) is 4. The number of rotatable bonds is 4. The normalized spacial score (nSPS) is 28.7. The lowest BCUT2D eigenvalue weighted by atomic mass is 9.98. The molecule has 4 nitrogen and oxygen atoms in total. The zero-order valence-corrected chi connectivity index (χ0v) is 11.2. The predicted molar refractivity (Wildman–Crippen MR) is 70.8 cm³/mol. The third-order valence-electron chi connectivity index (χ3n) is 4.06. The highest BCUT2D eigenvalue weighted by Gasteiger charge is 2.30. The molecule has 2 aliphatic heterocycles. The van der Waals surface area contributed by atoms with Crippen molar-refractivity contribution >= 4 is 0 Å². The number of hydrazine groups is 2. The van der Waals surface area contributed by atoms with Crippen LogP contribution in [0.25, 0.3) is 0 Å². The third-order valence-corrected chi connectivity index (χ3v) is 4.06. The monoisotopic (exact) mass is 238 g/mol. The molecule has 0 aliphatic carbocycles. The average Bonchev–Trinajstić information content (AvgIpc) is 2.72. The molecule has 98 valence electrons. The van der Waals surface area contributed by atoms with Crippen molar-refractivity contribution in [3.63, 3.8) is 0 Å². The second kappa shape index (κ2) is 5.85. The van der Waals surface area contributed by atoms with E-state index < -0.39 is 0 Å². The Morgan fingerprint density at radius 3 is 2.71 bits per heavy atom. The van der Waals surface area contributed by atoms with Gasteiger partial charge in [-0.2, -0.15) is 5.53 Å². The summed E-state index contributed by atoms with van der Waals surface area (Å²) in [5.74, 6) is 0.626. The fraction of sp³-hybridized carbons (Fsp3) is 0.846. The Morgan fingerprint density at radius 1 is 1.35 bits per heavy atom. The molecule has 0 aromatic heterocycles. The van der Waals surface area contributed by atoms with E-state index >= 15 is 0 Å². The van der Waals surface area contributed by atoms with Crippen molar-refractivity contribution in [3.05, 3.63) is 12.3 Å². The molecule has 2 atom stereocenters. The van der Waals surface area contributed by atoms with Crippen LogP contribution >= 0.6 is 0 Å². The van der Waals surface area contributed by atoms with Gasteiger partial charge in [-0.25, -0.2) is 5.43 Å². The van der Waals surface area contributed by atoms with Gasteiger partial charge >= 0.3 is 0 Å². The van der Waals surface area contributed by atoms with Crippen molar-refractivity contribution in [1.29, 1.82) is 0 Å². The molecule has 2 N–H and O–H groups in total. The molecule has 0 amide bonds. The van der Waals surface area contributed by atoms with Gasteiger partial charge in [0.25, 0.3) is 0 Å². The molecule has 2 rings (SSSR count). The highest BCUT2D eigenvalue weighted by atomic mass is 15.8. The highest BCUT2D eigenvalue weighted by molar-refractivity contribution is 5.08. The molecule has 2 saturated heterocycles. The van der Waals surface area contributed by atoms with Crippen molar-refractivity contribution < 1.29 is 0 Å². The minimum Gasteiger partial charge on any atom is -0.285 e. The Bertz CT molecular complexity index is 260. The Labute approximate surface area is 105 Å². The molecule has 0 aromatic carbocycles. The van der Waals surface area contributed by atoms with Crippen LogP contribution in [-0.2, 0) is 0 Å². The number of piperidine rings is 1. The molecule has 2 aliphatic rings. The lowest BCUT2D eigenvalue weighted by Gasteiger charge is -2.31. The standard InChI is InChI=1S/C13H26N4/c1-4-11(2)13-12(3)17(15-14-13)10-16-8-6-5-7-9-16/h11,13-15H,3-10H2,1-2H3. The largest absolute Gasteiger partial charge is 0.285 e. The van der Waals surface area contributed by atoms with Crippen LogP contribution in [0.15, 0.2) is 12.3 Å². The molecule has 4 heteroatoms. The Hall–Kier alpha value is -0.580. The smallest absolute Gasteiger partial charge is 0.0874 e. The highest BCUT2D eigenvalue weighted by Crippen LogP contribution is 2.21. The van der Waals surface area contributed by atoms with Crippen LogP contribution in [0.1, 0.15) is 39.5 Å². The minimum absolute atomic E-state index is 0.379. The van der Waals surface area contributed by atoms with Gasteiger partial charge in [0.05, 0.1) is 12.7 Å². The maximum atomic E-state index is 4.23. The summed E-state index contributed by atoms with van der Waals surface area (Å²) in [6.07, 6.45) is 5.24. The molecule has 0 spiro atoms. The van der Waals surface area contributed by atoms with Crippen LogP contribution in [0.2, 0.25) is 0 Å². The SMILES string of the molecule is C=C1C(C(C)CC)NNN1CN1CCCCC1. The molecule has 0 saturated carbocycles. The zero-order valence-electron chi connectivity index (χ0n) is 11.2. The maximum absolute atomic E-state index is 4.23. The Morgan fingerprint density at radius 2 is 2.06 bits per heavy atom. The molecule has 0 aromatic rings. The first-order chi connectivity index (χ1) is 8.22. The van der Waals surface area contributed by atoms with Crippen molar-refractivity contribution in [1.82, 2.24) is 20.9 Å². The lowest BCUT2D eigenvalue weighted by Crippen LogP contribution is -2.45. The van der Waals surface area contributed by atoms with E-state index in [2.05, 4.69) is 41.3 Å². The number of nitrogens with zero attached hydrogens (tertiary/aromatic N) is 2. The van der Waals surface area contributed by atoms with Crippen LogP contribution in [0, 0.1) is 5.92 Å². The molecular weight excluding hydrogens is 212 g/mol. The second-order valence-corrected chi connectivity index (χ2v) is 5.36. The molecule has 0 bridgehead atoms. The van der Waals surface area contributed by atoms with E-state index in [0.29, 0.717) is 12.0 Å². The van der Waals surface area contributed by atoms with Crippen LogP contribution in [-0.4, -0.2) is 35.7 Å². The topological polar surface area (TPSA) is 30.5 Å². The van der Waals surface area contributed by atoms with E-state index in [1.807, 2.05) is 0 Å². The van der Waals surface area contributed by atoms with Gasteiger partial charge in [-0.1, -0.05) is 33.3 Å². The van der Waals surface area contributed by atoms with E-state index in [1.165, 1.54) is 44.5 Å². The summed E-state index contributed by atoms with van der Waals surface area (Å²) >= 11 is 0. The fourth-order valence-electron chi connectivity index (χ4n) is 2.60. The summed E-state index contributed by atoms with van der Waals surface area (Å²) in [4.78, 5) is 2.50. The predicted octanol–water partition coefficient (Wildman–Crippen LogP) is 1.68. The summed E-state index contributed by atoms with van der Waals surface area (Å²) in [5.41, 5.74) is 7.79. The summed E-state index contributed by atoms with van der Waals surface area (Å²) < 4.78 is 0. The van der Waals surface area contributed by atoms with Crippen LogP contribution in [0.4, 0.5) is 0 Å². The number of nitrogens with one attached hydrogen (secondary N) is 2. The molecule has 2 fully saturated rings. The quantitative estimate of drug-likeness (QED) is 0.780. The molecule has 0 radical (unpaired) electrons. The first kappa shape index (κ1) is 12.9. The van der Waals surface area contributed by atoms with Crippen molar-refractivity contribution in [3.8, 4) is 0 Å². The fourth-order valence-corrected chi connectivity index (χ4v) is 2.60.